The van der Waals surface area contributed by atoms with Gasteiger partial charge in [0.1, 0.15) is 5.52 Å². The lowest BCUT2D eigenvalue weighted by Gasteiger charge is -2.17. The average molecular weight is 244 g/mol. The van der Waals surface area contributed by atoms with Crippen molar-refractivity contribution in [1.29, 1.82) is 0 Å². The van der Waals surface area contributed by atoms with Gasteiger partial charge in [-0.1, -0.05) is 25.3 Å². The molecular weight excluding hydrogens is 224 g/mol. The van der Waals surface area contributed by atoms with Crippen LogP contribution in [0.1, 0.15) is 49.5 Å². The molecule has 1 aliphatic rings. The van der Waals surface area contributed by atoms with E-state index in [1.54, 1.807) is 0 Å². The predicted molar refractivity (Wildman–Crippen MR) is 72.6 cm³/mol. The van der Waals surface area contributed by atoms with E-state index in [0.717, 1.165) is 23.4 Å². The number of hydrogen-bond acceptors (Lipinski definition) is 3. The van der Waals surface area contributed by atoms with Gasteiger partial charge < -0.3 is 10.2 Å². The molecule has 2 aromatic rings. The third-order valence-electron chi connectivity index (χ3n) is 3.86. The molecule has 0 unspecified atom stereocenters. The van der Waals surface area contributed by atoms with Crippen molar-refractivity contribution >= 4 is 11.1 Å². The standard InChI is InChI=1S/C15H20N2O/c16-9-8-11-6-7-14-13(10-11)17-15(18-14)12-4-2-1-3-5-12/h6-7,10,12H,1-5,8-9,16H2. The second-order valence-electron chi connectivity index (χ2n) is 5.23. The van der Waals surface area contributed by atoms with Gasteiger partial charge in [-0.15, -0.1) is 0 Å². The number of oxazole rings is 1. The minimum Gasteiger partial charge on any atom is -0.440 e. The molecule has 1 aromatic heterocycles. The van der Waals surface area contributed by atoms with Crippen molar-refractivity contribution in [2.75, 3.05) is 6.54 Å². The molecule has 2 N–H and O–H groups in total. The van der Waals surface area contributed by atoms with E-state index in [1.807, 2.05) is 6.07 Å². The zero-order valence-corrected chi connectivity index (χ0v) is 10.7. The Labute approximate surface area is 107 Å². The molecule has 0 spiro atoms. The lowest BCUT2D eigenvalue weighted by Crippen LogP contribution is -2.04. The van der Waals surface area contributed by atoms with Crippen LogP contribution < -0.4 is 5.73 Å². The number of hydrogen-bond donors (Lipinski definition) is 1. The number of rotatable bonds is 3. The van der Waals surface area contributed by atoms with E-state index in [0.29, 0.717) is 12.5 Å². The summed E-state index contributed by atoms with van der Waals surface area (Å²) in [6, 6.07) is 6.22. The first kappa shape index (κ1) is 11.7. The van der Waals surface area contributed by atoms with Gasteiger partial charge in [-0.2, -0.15) is 0 Å². The van der Waals surface area contributed by atoms with Gasteiger partial charge in [-0.3, -0.25) is 0 Å². The minimum absolute atomic E-state index is 0.532. The Morgan fingerprint density at radius 3 is 2.83 bits per heavy atom. The number of nitrogens with two attached hydrogens (primary N) is 1. The van der Waals surface area contributed by atoms with Gasteiger partial charge in [0, 0.05) is 5.92 Å². The summed E-state index contributed by atoms with van der Waals surface area (Å²) in [6.07, 6.45) is 7.33. The molecule has 0 radical (unpaired) electrons. The van der Waals surface area contributed by atoms with E-state index in [-0.39, 0.29) is 0 Å². The summed E-state index contributed by atoms with van der Waals surface area (Å²) in [4.78, 5) is 4.67. The summed E-state index contributed by atoms with van der Waals surface area (Å²) in [5, 5.41) is 0. The first-order valence-electron chi connectivity index (χ1n) is 6.96. The van der Waals surface area contributed by atoms with E-state index < -0.39 is 0 Å². The van der Waals surface area contributed by atoms with E-state index in [2.05, 4.69) is 17.1 Å². The summed E-state index contributed by atoms with van der Waals surface area (Å²) in [5.41, 5.74) is 8.73. The molecule has 3 rings (SSSR count). The van der Waals surface area contributed by atoms with Crippen molar-refractivity contribution in [3.63, 3.8) is 0 Å². The summed E-state index contributed by atoms with van der Waals surface area (Å²) in [7, 11) is 0. The fraction of sp³-hybridized carbons (Fsp3) is 0.533. The molecule has 1 aliphatic carbocycles. The van der Waals surface area contributed by atoms with Crippen LogP contribution in [0.15, 0.2) is 22.6 Å². The second-order valence-corrected chi connectivity index (χ2v) is 5.23. The molecule has 18 heavy (non-hydrogen) atoms. The molecule has 1 heterocycles. The van der Waals surface area contributed by atoms with Crippen molar-refractivity contribution in [3.05, 3.63) is 29.7 Å². The van der Waals surface area contributed by atoms with Crippen LogP contribution >= 0.6 is 0 Å². The van der Waals surface area contributed by atoms with Crippen molar-refractivity contribution in [3.8, 4) is 0 Å². The van der Waals surface area contributed by atoms with Gasteiger partial charge in [0.15, 0.2) is 11.5 Å². The first-order chi connectivity index (χ1) is 8.86. The Kier molecular flexibility index (Phi) is 3.33. The monoisotopic (exact) mass is 244 g/mol. The van der Waals surface area contributed by atoms with E-state index in [1.165, 1.54) is 37.7 Å². The fourth-order valence-corrected chi connectivity index (χ4v) is 2.84. The normalized spacial score (nSPS) is 17.4. The van der Waals surface area contributed by atoms with Crippen molar-refractivity contribution < 1.29 is 4.42 Å². The highest BCUT2D eigenvalue weighted by Gasteiger charge is 2.20. The largest absolute Gasteiger partial charge is 0.440 e. The van der Waals surface area contributed by atoms with E-state index in [4.69, 9.17) is 10.2 Å². The maximum absolute atomic E-state index is 5.90. The second kappa shape index (κ2) is 5.11. The lowest BCUT2D eigenvalue weighted by molar-refractivity contribution is 0.373. The third-order valence-corrected chi connectivity index (χ3v) is 3.86. The highest BCUT2D eigenvalue weighted by Crippen LogP contribution is 2.33. The summed E-state index contributed by atoms with van der Waals surface area (Å²) < 4.78 is 5.90. The van der Waals surface area contributed by atoms with Gasteiger partial charge in [-0.25, -0.2) is 4.98 Å². The van der Waals surface area contributed by atoms with Gasteiger partial charge in [0.25, 0.3) is 0 Å². The highest BCUT2D eigenvalue weighted by molar-refractivity contribution is 5.73. The zero-order chi connectivity index (χ0) is 12.4. The van der Waals surface area contributed by atoms with Gasteiger partial charge >= 0.3 is 0 Å². The highest BCUT2D eigenvalue weighted by atomic mass is 16.3. The topological polar surface area (TPSA) is 52.0 Å². The van der Waals surface area contributed by atoms with Gasteiger partial charge in [0.2, 0.25) is 0 Å². The summed E-state index contributed by atoms with van der Waals surface area (Å²) in [6.45, 7) is 0.679. The molecule has 1 aromatic carbocycles. The molecule has 3 heteroatoms. The van der Waals surface area contributed by atoms with Crippen LogP contribution in [0.25, 0.3) is 11.1 Å². The van der Waals surface area contributed by atoms with Crippen molar-refractivity contribution in [2.45, 2.75) is 44.4 Å². The fourth-order valence-electron chi connectivity index (χ4n) is 2.84. The van der Waals surface area contributed by atoms with Gasteiger partial charge in [-0.05, 0) is 43.5 Å². The van der Waals surface area contributed by atoms with Crippen LogP contribution in [0.5, 0.6) is 0 Å². The Hall–Kier alpha value is -1.35. The third kappa shape index (κ3) is 2.27. The van der Waals surface area contributed by atoms with Gasteiger partial charge in [0.05, 0.1) is 0 Å². The van der Waals surface area contributed by atoms with Crippen LogP contribution in [-0.4, -0.2) is 11.5 Å². The maximum Gasteiger partial charge on any atom is 0.198 e. The van der Waals surface area contributed by atoms with Crippen molar-refractivity contribution in [2.24, 2.45) is 5.73 Å². The smallest absolute Gasteiger partial charge is 0.198 e. The molecule has 3 nitrogen and oxygen atoms in total. The zero-order valence-electron chi connectivity index (χ0n) is 10.7. The maximum atomic E-state index is 5.90. The Bertz CT molecular complexity index is 526. The number of nitrogens with zero attached hydrogens (tertiary/aromatic N) is 1. The summed E-state index contributed by atoms with van der Waals surface area (Å²) in [5.74, 6) is 1.47. The van der Waals surface area contributed by atoms with E-state index >= 15 is 0 Å². The Balaban J connectivity index is 1.89. The van der Waals surface area contributed by atoms with Crippen LogP contribution in [0.3, 0.4) is 0 Å². The molecule has 96 valence electrons. The van der Waals surface area contributed by atoms with E-state index in [9.17, 15) is 0 Å². The lowest BCUT2D eigenvalue weighted by atomic mass is 9.89. The first-order valence-corrected chi connectivity index (χ1v) is 6.96. The SMILES string of the molecule is NCCc1ccc2oc(C3CCCCC3)nc2c1. The summed E-state index contributed by atoms with van der Waals surface area (Å²) >= 11 is 0. The van der Waals surface area contributed by atoms with Crippen LogP contribution in [0.2, 0.25) is 0 Å². The van der Waals surface area contributed by atoms with Crippen LogP contribution in [-0.2, 0) is 6.42 Å². The average Bonchev–Trinajstić information content (AvgIpc) is 2.83. The minimum atomic E-state index is 0.532. The Morgan fingerprint density at radius 2 is 2.06 bits per heavy atom. The van der Waals surface area contributed by atoms with Crippen molar-refractivity contribution in [1.82, 2.24) is 4.98 Å². The molecule has 0 atom stereocenters. The van der Waals surface area contributed by atoms with Crippen LogP contribution in [0.4, 0.5) is 0 Å². The molecule has 0 amide bonds. The molecule has 0 bridgehead atoms. The predicted octanol–water partition coefficient (Wildman–Crippen LogP) is 3.38. The molecular formula is C15H20N2O. The Morgan fingerprint density at radius 1 is 1.22 bits per heavy atom. The molecule has 0 aliphatic heterocycles. The molecule has 1 fully saturated rings. The quantitative estimate of drug-likeness (QED) is 0.900. The van der Waals surface area contributed by atoms with Crippen LogP contribution in [0, 0.1) is 0 Å². The number of aromatic nitrogens is 1. The molecule has 1 saturated carbocycles. The number of benzene rings is 1. The number of fused-ring (bicyclic) bond motifs is 1. The molecule has 0 saturated heterocycles.